The second-order valence-corrected chi connectivity index (χ2v) is 14.3. The molecule has 2 atom stereocenters. The lowest BCUT2D eigenvalue weighted by molar-refractivity contribution is -0.141. The second-order valence-electron chi connectivity index (χ2n) is 12.4. The molecule has 2 aliphatic rings. The van der Waals surface area contributed by atoms with E-state index < -0.39 is 5.97 Å². The number of methoxy groups -OCH3 is 1. The molecule has 1 unspecified atom stereocenters. The number of nitrogens with zero attached hydrogens (tertiary/aromatic N) is 4. The number of amides is 1. The SMILES string of the molecule is COc1nc(-c2cccc(-c3cccc(Nc4nccc5sc(CN6CC[C@@H](C(=O)O)C6)nc45)c3Cl)c2Cl)ccc1CNCC1CCC(=O)N1. The Hall–Kier alpha value is -4.33. The maximum atomic E-state index is 11.5. The van der Waals surface area contributed by atoms with E-state index in [0.29, 0.717) is 72.1 Å². The van der Waals surface area contributed by atoms with Crippen LogP contribution < -0.4 is 20.7 Å². The number of rotatable bonds is 12. The molecule has 2 saturated heterocycles. The van der Waals surface area contributed by atoms with Crippen LogP contribution in [0.5, 0.6) is 5.88 Å². The lowest BCUT2D eigenvalue weighted by Gasteiger charge is -2.16. The second kappa shape index (κ2) is 14.9. The largest absolute Gasteiger partial charge is 0.481 e. The highest BCUT2D eigenvalue weighted by molar-refractivity contribution is 7.18. The fraction of sp³-hybridized carbons (Fsp3) is 0.306. The molecule has 2 fully saturated rings. The molecule has 2 aromatic carbocycles. The van der Waals surface area contributed by atoms with E-state index in [9.17, 15) is 14.7 Å². The van der Waals surface area contributed by atoms with E-state index in [4.69, 9.17) is 37.9 Å². The number of aromatic nitrogens is 3. The number of aliphatic carboxylic acids is 1. The first-order valence-corrected chi connectivity index (χ1v) is 17.9. The topological polar surface area (TPSA) is 142 Å². The number of likely N-dealkylation sites (tertiary alicyclic amines) is 1. The van der Waals surface area contributed by atoms with E-state index in [2.05, 4.69) is 25.8 Å². The number of carboxylic acid groups (broad SMARTS) is 1. The Morgan fingerprint density at radius 3 is 2.62 bits per heavy atom. The van der Waals surface area contributed by atoms with E-state index in [0.717, 1.165) is 50.4 Å². The Morgan fingerprint density at radius 2 is 1.86 bits per heavy atom. The summed E-state index contributed by atoms with van der Waals surface area (Å²) in [5, 5.41) is 21.0. The van der Waals surface area contributed by atoms with Crippen molar-refractivity contribution in [3.63, 3.8) is 0 Å². The molecule has 1 amide bonds. The normalized spacial score (nSPS) is 17.7. The fourth-order valence-corrected chi connectivity index (χ4v) is 8.08. The van der Waals surface area contributed by atoms with Crippen LogP contribution in [0, 0.1) is 5.92 Å². The molecule has 7 rings (SSSR count). The summed E-state index contributed by atoms with van der Waals surface area (Å²) in [7, 11) is 1.59. The van der Waals surface area contributed by atoms with Gasteiger partial charge in [0.2, 0.25) is 11.8 Å². The van der Waals surface area contributed by atoms with Crippen molar-refractivity contribution in [2.24, 2.45) is 5.92 Å². The number of carboxylic acids is 1. The molecular weight excluding hydrogens is 697 g/mol. The van der Waals surface area contributed by atoms with Crippen molar-refractivity contribution in [1.82, 2.24) is 30.5 Å². The van der Waals surface area contributed by atoms with Crippen molar-refractivity contribution in [3.8, 4) is 28.3 Å². The standard InChI is InChI=1S/C36H35Cl2N7O4S/c1-49-35-20(16-39-17-22-9-11-29(46)41-22)8-10-26(43-35)25-6-2-4-23(31(25)37)24-5-3-7-27(32(24)38)42-34-33-28(12-14-40-34)50-30(44-33)19-45-15-13-21(18-45)36(47)48/h2-8,10,12,14,21-22,39H,9,11,13,15-19H2,1H3,(H,40,42)(H,41,46)(H,47,48)/t21-,22?/m1/s1. The van der Waals surface area contributed by atoms with Crippen molar-refractivity contribution in [3.05, 3.63) is 81.4 Å². The van der Waals surface area contributed by atoms with E-state index in [-0.39, 0.29) is 17.9 Å². The average Bonchev–Trinajstić information content (AvgIpc) is 3.86. The molecule has 5 aromatic rings. The zero-order valence-corrected chi connectivity index (χ0v) is 29.5. The first-order valence-electron chi connectivity index (χ1n) is 16.4. The number of fused-ring (bicyclic) bond motifs is 1. The van der Waals surface area contributed by atoms with Crippen molar-refractivity contribution < 1.29 is 19.4 Å². The van der Waals surface area contributed by atoms with Crippen LogP contribution in [0.15, 0.2) is 60.8 Å². The van der Waals surface area contributed by atoms with Gasteiger partial charge in [0.25, 0.3) is 0 Å². The van der Waals surface area contributed by atoms with Crippen LogP contribution in [0.1, 0.15) is 29.8 Å². The Bertz CT molecular complexity index is 2080. The van der Waals surface area contributed by atoms with Crippen LogP contribution in [0.4, 0.5) is 11.5 Å². The number of halogens is 2. The third-order valence-electron chi connectivity index (χ3n) is 9.07. The van der Waals surface area contributed by atoms with Gasteiger partial charge in [-0.15, -0.1) is 11.3 Å². The smallest absolute Gasteiger partial charge is 0.307 e. The highest BCUT2D eigenvalue weighted by atomic mass is 35.5. The number of hydrogen-bond acceptors (Lipinski definition) is 10. The van der Waals surface area contributed by atoms with Crippen molar-refractivity contribution in [1.29, 1.82) is 0 Å². The molecule has 14 heteroatoms. The Labute approximate surface area is 303 Å². The van der Waals surface area contributed by atoms with Gasteiger partial charge >= 0.3 is 5.97 Å². The van der Waals surface area contributed by atoms with Gasteiger partial charge in [0.15, 0.2) is 5.82 Å². The maximum absolute atomic E-state index is 11.5. The molecule has 50 heavy (non-hydrogen) atoms. The number of ether oxygens (including phenoxy) is 1. The predicted octanol–water partition coefficient (Wildman–Crippen LogP) is 6.75. The Balaban J connectivity index is 1.10. The van der Waals surface area contributed by atoms with Crippen LogP contribution in [-0.2, 0) is 22.7 Å². The van der Waals surface area contributed by atoms with E-state index in [1.165, 1.54) is 0 Å². The number of carbonyl (C=O) groups is 2. The summed E-state index contributed by atoms with van der Waals surface area (Å²) in [4.78, 5) is 39.3. The molecule has 0 spiro atoms. The molecule has 2 aliphatic heterocycles. The molecule has 0 radical (unpaired) electrons. The van der Waals surface area contributed by atoms with Gasteiger partial charge < -0.3 is 25.8 Å². The molecule has 0 saturated carbocycles. The highest BCUT2D eigenvalue weighted by Crippen LogP contribution is 2.42. The molecule has 0 bridgehead atoms. The molecule has 258 valence electrons. The highest BCUT2D eigenvalue weighted by Gasteiger charge is 2.28. The van der Waals surface area contributed by atoms with Crippen molar-refractivity contribution in [2.45, 2.75) is 38.4 Å². The van der Waals surface area contributed by atoms with Gasteiger partial charge in [-0.1, -0.05) is 59.6 Å². The number of benzene rings is 2. The molecule has 3 aromatic heterocycles. The van der Waals surface area contributed by atoms with E-state index in [1.807, 2.05) is 54.6 Å². The summed E-state index contributed by atoms with van der Waals surface area (Å²) in [6, 6.07) is 17.4. The quantitative estimate of drug-likeness (QED) is 0.109. The van der Waals surface area contributed by atoms with Crippen LogP contribution in [0.3, 0.4) is 0 Å². The number of pyridine rings is 2. The minimum Gasteiger partial charge on any atom is -0.481 e. The summed E-state index contributed by atoms with van der Waals surface area (Å²) < 4.78 is 6.62. The molecule has 0 aliphatic carbocycles. The van der Waals surface area contributed by atoms with Gasteiger partial charge in [-0.3, -0.25) is 14.5 Å². The van der Waals surface area contributed by atoms with Crippen LogP contribution in [0.2, 0.25) is 10.0 Å². The minimum absolute atomic E-state index is 0.0942. The summed E-state index contributed by atoms with van der Waals surface area (Å²) in [5.41, 5.74) is 5.16. The average molecular weight is 733 g/mol. The number of thiazole rings is 1. The number of anilines is 2. The first kappa shape index (κ1) is 34.1. The lowest BCUT2D eigenvalue weighted by Crippen LogP contribution is -2.35. The zero-order chi connectivity index (χ0) is 34.8. The van der Waals surface area contributed by atoms with Crippen molar-refractivity contribution in [2.75, 3.05) is 32.1 Å². The zero-order valence-electron chi connectivity index (χ0n) is 27.2. The Morgan fingerprint density at radius 1 is 1.06 bits per heavy atom. The lowest BCUT2D eigenvalue weighted by atomic mass is 10.00. The number of hydrogen-bond donors (Lipinski definition) is 4. The van der Waals surface area contributed by atoms with Gasteiger partial charge in [-0.2, -0.15) is 0 Å². The predicted molar refractivity (Wildman–Crippen MR) is 196 cm³/mol. The molecule has 11 nitrogen and oxygen atoms in total. The Kier molecular flexibility index (Phi) is 10.2. The summed E-state index contributed by atoms with van der Waals surface area (Å²) in [6.45, 7) is 3.07. The summed E-state index contributed by atoms with van der Waals surface area (Å²) in [5.74, 6) is 0.0824. The van der Waals surface area contributed by atoms with Crippen LogP contribution in [0.25, 0.3) is 32.6 Å². The number of nitrogens with one attached hydrogen (secondary N) is 3. The van der Waals surface area contributed by atoms with E-state index in [1.54, 1.807) is 24.6 Å². The van der Waals surface area contributed by atoms with Crippen LogP contribution >= 0.6 is 34.5 Å². The molecular formula is C36H35Cl2N7O4S. The third kappa shape index (κ3) is 7.26. The van der Waals surface area contributed by atoms with Gasteiger partial charge in [0, 0.05) is 60.5 Å². The fourth-order valence-electron chi connectivity index (χ4n) is 6.47. The molecule has 4 N–H and O–H groups in total. The van der Waals surface area contributed by atoms with Crippen LogP contribution in [-0.4, -0.2) is 69.6 Å². The van der Waals surface area contributed by atoms with Gasteiger partial charge in [0.1, 0.15) is 10.5 Å². The van der Waals surface area contributed by atoms with Gasteiger partial charge in [0.05, 0.1) is 45.7 Å². The first-order chi connectivity index (χ1) is 24.3. The van der Waals surface area contributed by atoms with Gasteiger partial charge in [-0.25, -0.2) is 15.0 Å². The minimum atomic E-state index is -0.747. The maximum Gasteiger partial charge on any atom is 0.307 e. The summed E-state index contributed by atoms with van der Waals surface area (Å²) >= 11 is 15.7. The monoisotopic (exact) mass is 731 g/mol. The molecule has 5 heterocycles. The van der Waals surface area contributed by atoms with Crippen molar-refractivity contribution >= 4 is 68.1 Å². The van der Waals surface area contributed by atoms with Gasteiger partial charge in [-0.05, 0) is 37.6 Å². The third-order valence-corrected chi connectivity index (χ3v) is 10.9. The summed E-state index contributed by atoms with van der Waals surface area (Å²) in [6.07, 6.45) is 3.78. The number of carbonyl (C=O) groups excluding carboxylic acids is 1. The van der Waals surface area contributed by atoms with E-state index >= 15 is 0 Å².